The lowest BCUT2D eigenvalue weighted by atomic mass is 10.1. The number of fused-ring (bicyclic) bond motifs is 3. The van der Waals surface area contributed by atoms with Gasteiger partial charge in [0.1, 0.15) is 0 Å². The van der Waals surface area contributed by atoms with Crippen LogP contribution >= 0.6 is 11.8 Å². The lowest BCUT2D eigenvalue weighted by Gasteiger charge is -1.97. The standard InChI is InChI=1S/C9H8N2S/c1-2-8-7(5-10-11-8)9-6(1)3-4-12-9/h1-2,5H,3-4H2,(H,10,11). The Morgan fingerprint density at radius 1 is 1.42 bits per heavy atom. The molecule has 2 aromatic rings. The topological polar surface area (TPSA) is 28.7 Å². The van der Waals surface area contributed by atoms with Crippen LogP contribution in [0.2, 0.25) is 0 Å². The van der Waals surface area contributed by atoms with E-state index in [1.54, 1.807) is 0 Å². The molecule has 0 amide bonds. The molecule has 0 unspecified atom stereocenters. The number of nitrogens with one attached hydrogen (secondary N) is 1. The summed E-state index contributed by atoms with van der Waals surface area (Å²) < 4.78 is 0. The highest BCUT2D eigenvalue weighted by Crippen LogP contribution is 2.36. The molecule has 3 rings (SSSR count). The van der Waals surface area contributed by atoms with E-state index in [1.165, 1.54) is 28.0 Å². The summed E-state index contributed by atoms with van der Waals surface area (Å²) in [7, 11) is 0. The van der Waals surface area contributed by atoms with Gasteiger partial charge in [0.05, 0.1) is 11.7 Å². The minimum absolute atomic E-state index is 1.16. The van der Waals surface area contributed by atoms with Crippen LogP contribution in [0, 0.1) is 0 Å². The number of nitrogens with zero attached hydrogens (tertiary/aromatic N) is 1. The van der Waals surface area contributed by atoms with Gasteiger partial charge in [-0.1, -0.05) is 6.07 Å². The molecule has 1 aromatic heterocycles. The fourth-order valence-electron chi connectivity index (χ4n) is 1.67. The molecule has 1 aliphatic heterocycles. The second-order valence-electron chi connectivity index (χ2n) is 2.98. The molecule has 2 nitrogen and oxygen atoms in total. The van der Waals surface area contributed by atoms with Gasteiger partial charge in [-0.15, -0.1) is 11.8 Å². The zero-order valence-electron chi connectivity index (χ0n) is 6.50. The third-order valence-electron chi connectivity index (χ3n) is 2.27. The average Bonchev–Trinajstić information content (AvgIpc) is 2.71. The molecule has 0 bridgehead atoms. The van der Waals surface area contributed by atoms with Gasteiger partial charge in [-0.2, -0.15) is 5.10 Å². The molecule has 0 atom stereocenters. The fourth-order valence-corrected chi connectivity index (χ4v) is 2.87. The molecule has 0 spiro atoms. The van der Waals surface area contributed by atoms with Crippen LogP contribution in [0.5, 0.6) is 0 Å². The van der Waals surface area contributed by atoms with Gasteiger partial charge < -0.3 is 0 Å². The molecule has 0 saturated heterocycles. The van der Waals surface area contributed by atoms with Crippen LogP contribution in [-0.2, 0) is 6.42 Å². The highest BCUT2D eigenvalue weighted by Gasteiger charge is 2.14. The summed E-state index contributed by atoms with van der Waals surface area (Å²) in [5, 5.41) is 8.31. The lowest BCUT2D eigenvalue weighted by Crippen LogP contribution is -1.79. The van der Waals surface area contributed by atoms with Gasteiger partial charge in [0.2, 0.25) is 0 Å². The Labute approximate surface area is 74.4 Å². The number of aromatic nitrogens is 2. The summed E-state index contributed by atoms with van der Waals surface area (Å²) in [5.74, 6) is 1.22. The maximum absolute atomic E-state index is 4.04. The summed E-state index contributed by atoms with van der Waals surface area (Å²) in [6, 6.07) is 4.32. The molecule has 1 N–H and O–H groups in total. The minimum Gasteiger partial charge on any atom is -0.278 e. The number of rotatable bonds is 0. The number of hydrogen-bond donors (Lipinski definition) is 1. The zero-order chi connectivity index (χ0) is 7.97. The van der Waals surface area contributed by atoms with E-state index in [1.807, 2.05) is 18.0 Å². The normalized spacial score (nSPS) is 15.3. The highest BCUT2D eigenvalue weighted by atomic mass is 32.2. The molecule has 1 aromatic carbocycles. The third-order valence-corrected chi connectivity index (χ3v) is 3.45. The maximum atomic E-state index is 4.04. The molecule has 0 saturated carbocycles. The van der Waals surface area contributed by atoms with Crippen molar-refractivity contribution in [1.82, 2.24) is 10.2 Å². The zero-order valence-corrected chi connectivity index (χ0v) is 7.32. The molecule has 0 radical (unpaired) electrons. The van der Waals surface area contributed by atoms with Crippen LogP contribution in [0.3, 0.4) is 0 Å². The smallest absolute Gasteiger partial charge is 0.0661 e. The Kier molecular flexibility index (Phi) is 1.23. The Morgan fingerprint density at radius 2 is 2.42 bits per heavy atom. The largest absolute Gasteiger partial charge is 0.278 e. The van der Waals surface area contributed by atoms with Crippen LogP contribution in [-0.4, -0.2) is 16.0 Å². The first-order valence-corrected chi connectivity index (χ1v) is 5.01. The van der Waals surface area contributed by atoms with Gasteiger partial charge in [-0.05, 0) is 18.1 Å². The fraction of sp³-hybridized carbons (Fsp3) is 0.222. The predicted octanol–water partition coefficient (Wildman–Crippen LogP) is 2.21. The number of aryl methyl sites for hydroxylation is 1. The summed E-state index contributed by atoms with van der Waals surface area (Å²) in [6.07, 6.45) is 3.13. The molecular weight excluding hydrogens is 168 g/mol. The lowest BCUT2D eigenvalue weighted by molar-refractivity contribution is 1.12. The van der Waals surface area contributed by atoms with Crippen LogP contribution in [0.1, 0.15) is 5.56 Å². The van der Waals surface area contributed by atoms with E-state index in [0.717, 1.165) is 5.52 Å². The first-order valence-electron chi connectivity index (χ1n) is 4.03. The van der Waals surface area contributed by atoms with Gasteiger partial charge in [0.15, 0.2) is 0 Å². The SMILES string of the molecule is c1cc2[nH]ncc2c2c1CCS2. The van der Waals surface area contributed by atoms with E-state index in [4.69, 9.17) is 0 Å². The molecule has 60 valence electrons. The number of benzene rings is 1. The molecule has 12 heavy (non-hydrogen) atoms. The summed E-state index contributed by atoms with van der Waals surface area (Å²) in [6.45, 7) is 0. The molecule has 3 heteroatoms. The van der Waals surface area contributed by atoms with E-state index >= 15 is 0 Å². The maximum Gasteiger partial charge on any atom is 0.0661 e. The van der Waals surface area contributed by atoms with E-state index in [-0.39, 0.29) is 0 Å². The quantitative estimate of drug-likeness (QED) is 0.666. The Bertz CT molecular complexity index is 433. The van der Waals surface area contributed by atoms with Crippen LogP contribution in [0.25, 0.3) is 10.9 Å². The van der Waals surface area contributed by atoms with Gasteiger partial charge in [0, 0.05) is 16.0 Å². The summed E-state index contributed by atoms with van der Waals surface area (Å²) in [5.41, 5.74) is 2.64. The van der Waals surface area contributed by atoms with E-state index in [0.29, 0.717) is 0 Å². The second kappa shape index (κ2) is 2.26. The first-order chi connectivity index (χ1) is 5.95. The van der Waals surface area contributed by atoms with Crippen molar-refractivity contribution >= 4 is 22.7 Å². The number of thioether (sulfide) groups is 1. The monoisotopic (exact) mass is 176 g/mol. The van der Waals surface area contributed by atoms with Gasteiger partial charge in [0.25, 0.3) is 0 Å². The number of hydrogen-bond acceptors (Lipinski definition) is 2. The Hall–Kier alpha value is -0.960. The summed E-state index contributed by atoms with van der Waals surface area (Å²) in [4.78, 5) is 1.43. The van der Waals surface area contributed by atoms with Crippen LogP contribution < -0.4 is 0 Å². The van der Waals surface area contributed by atoms with Crippen molar-refractivity contribution in [3.05, 3.63) is 23.9 Å². The highest BCUT2D eigenvalue weighted by molar-refractivity contribution is 7.99. The van der Waals surface area contributed by atoms with E-state index in [9.17, 15) is 0 Å². The second-order valence-corrected chi connectivity index (χ2v) is 4.09. The average molecular weight is 176 g/mol. The van der Waals surface area contributed by atoms with Crippen molar-refractivity contribution in [3.63, 3.8) is 0 Å². The molecular formula is C9H8N2S. The van der Waals surface area contributed by atoms with Gasteiger partial charge >= 0.3 is 0 Å². The predicted molar refractivity (Wildman–Crippen MR) is 50.5 cm³/mol. The first kappa shape index (κ1) is 6.54. The van der Waals surface area contributed by atoms with Crippen molar-refractivity contribution in [2.45, 2.75) is 11.3 Å². The van der Waals surface area contributed by atoms with Gasteiger partial charge in [-0.25, -0.2) is 0 Å². The van der Waals surface area contributed by atoms with Crippen LogP contribution in [0.4, 0.5) is 0 Å². The Morgan fingerprint density at radius 3 is 3.42 bits per heavy atom. The van der Waals surface area contributed by atoms with Crippen molar-refractivity contribution in [1.29, 1.82) is 0 Å². The van der Waals surface area contributed by atoms with E-state index in [2.05, 4.69) is 22.3 Å². The molecule has 0 aliphatic carbocycles. The molecule has 0 fully saturated rings. The van der Waals surface area contributed by atoms with Crippen molar-refractivity contribution < 1.29 is 0 Å². The third kappa shape index (κ3) is 0.743. The Balaban J connectivity index is 2.46. The van der Waals surface area contributed by atoms with Crippen molar-refractivity contribution in [2.24, 2.45) is 0 Å². The minimum atomic E-state index is 1.16. The summed E-state index contributed by atoms with van der Waals surface area (Å²) >= 11 is 1.94. The van der Waals surface area contributed by atoms with Crippen molar-refractivity contribution in [3.8, 4) is 0 Å². The van der Waals surface area contributed by atoms with Gasteiger partial charge in [-0.3, -0.25) is 5.10 Å². The molecule has 1 aliphatic rings. The van der Waals surface area contributed by atoms with Crippen LogP contribution in [0.15, 0.2) is 23.2 Å². The van der Waals surface area contributed by atoms with E-state index < -0.39 is 0 Å². The number of H-pyrrole nitrogens is 1. The number of aromatic amines is 1. The molecule has 2 heterocycles. The van der Waals surface area contributed by atoms with Crippen molar-refractivity contribution in [2.75, 3.05) is 5.75 Å².